The fraction of sp³-hybridized carbons (Fsp3) is 0.846. The molecule has 0 aromatic heterocycles. The van der Waals surface area contributed by atoms with Gasteiger partial charge >= 0.3 is 6.03 Å². The van der Waals surface area contributed by atoms with Gasteiger partial charge in [-0.3, -0.25) is 10.1 Å². The van der Waals surface area contributed by atoms with Crippen molar-refractivity contribution in [1.29, 1.82) is 0 Å². The normalized spacial score (nSPS) is 24.1. The van der Waals surface area contributed by atoms with E-state index in [4.69, 9.17) is 0 Å². The summed E-state index contributed by atoms with van der Waals surface area (Å²) in [6.45, 7) is 6.31. The van der Waals surface area contributed by atoms with E-state index >= 15 is 0 Å². The van der Waals surface area contributed by atoms with E-state index in [-0.39, 0.29) is 11.9 Å². The molecule has 1 rings (SSSR count). The Morgan fingerprint density at radius 2 is 2.00 bits per heavy atom. The molecule has 0 aromatic rings. The molecule has 5 nitrogen and oxygen atoms in total. The van der Waals surface area contributed by atoms with Gasteiger partial charge in [0.2, 0.25) is 5.91 Å². The van der Waals surface area contributed by atoms with Crippen LogP contribution >= 0.6 is 0 Å². The quantitative estimate of drug-likeness (QED) is 0.713. The summed E-state index contributed by atoms with van der Waals surface area (Å²) in [6.07, 6.45) is 4.60. The fourth-order valence-corrected chi connectivity index (χ4v) is 2.55. The first-order valence-corrected chi connectivity index (χ1v) is 6.63. The molecule has 0 heterocycles. The molecule has 0 radical (unpaired) electrons. The average Bonchev–Trinajstić information content (AvgIpc) is 2.27. The zero-order valence-corrected chi connectivity index (χ0v) is 11.8. The Balaban J connectivity index is 2.41. The van der Waals surface area contributed by atoms with Gasteiger partial charge < -0.3 is 10.6 Å². The minimum Gasteiger partial charge on any atom is -0.341 e. The van der Waals surface area contributed by atoms with Gasteiger partial charge in [-0.1, -0.05) is 20.3 Å². The van der Waals surface area contributed by atoms with Crippen molar-refractivity contribution in [2.45, 2.75) is 58.5 Å². The highest BCUT2D eigenvalue weighted by atomic mass is 16.2. The standard InChI is InChI=1S/C13H25N3O2/c1-9(11(17)16-12(18)14-4)15-10-6-5-7-13(2,3)8-10/h9-10,15H,5-8H2,1-4H3,(H2,14,16,17,18). The summed E-state index contributed by atoms with van der Waals surface area (Å²) < 4.78 is 0. The Labute approximate surface area is 109 Å². The molecule has 2 atom stereocenters. The van der Waals surface area contributed by atoms with Crippen LogP contribution in [-0.2, 0) is 4.79 Å². The zero-order valence-electron chi connectivity index (χ0n) is 11.8. The molecule has 0 bridgehead atoms. The average molecular weight is 255 g/mol. The molecular weight excluding hydrogens is 230 g/mol. The Morgan fingerprint density at radius 1 is 1.33 bits per heavy atom. The Morgan fingerprint density at radius 3 is 2.56 bits per heavy atom. The number of urea groups is 1. The number of hydrogen-bond acceptors (Lipinski definition) is 3. The van der Waals surface area contributed by atoms with Crippen LogP contribution in [0.3, 0.4) is 0 Å². The Hall–Kier alpha value is -1.10. The van der Waals surface area contributed by atoms with Gasteiger partial charge in [-0.2, -0.15) is 0 Å². The maximum Gasteiger partial charge on any atom is 0.321 e. The molecule has 0 spiro atoms. The Kier molecular flexibility index (Phi) is 5.14. The van der Waals surface area contributed by atoms with Crippen molar-refractivity contribution in [3.63, 3.8) is 0 Å². The molecule has 0 saturated heterocycles. The van der Waals surface area contributed by atoms with Crippen LogP contribution in [0.5, 0.6) is 0 Å². The fourth-order valence-electron chi connectivity index (χ4n) is 2.55. The molecule has 104 valence electrons. The van der Waals surface area contributed by atoms with Crippen LogP contribution in [0, 0.1) is 5.41 Å². The lowest BCUT2D eigenvalue weighted by Gasteiger charge is -2.36. The minimum atomic E-state index is -0.461. The molecular formula is C13H25N3O2. The number of amides is 3. The van der Waals surface area contributed by atoms with Crippen LogP contribution in [-0.4, -0.2) is 31.1 Å². The first-order chi connectivity index (χ1) is 8.34. The first kappa shape index (κ1) is 15.0. The highest BCUT2D eigenvalue weighted by Gasteiger charge is 2.29. The number of rotatable bonds is 3. The third kappa shape index (κ3) is 4.64. The maximum atomic E-state index is 11.7. The summed E-state index contributed by atoms with van der Waals surface area (Å²) in [5.41, 5.74) is 0.340. The van der Waals surface area contributed by atoms with Crippen molar-refractivity contribution >= 4 is 11.9 Å². The van der Waals surface area contributed by atoms with E-state index in [2.05, 4.69) is 29.8 Å². The van der Waals surface area contributed by atoms with Crippen LogP contribution in [0.4, 0.5) is 4.79 Å². The number of hydrogen-bond donors (Lipinski definition) is 3. The lowest BCUT2D eigenvalue weighted by atomic mass is 9.75. The van der Waals surface area contributed by atoms with Gasteiger partial charge in [-0.05, 0) is 31.6 Å². The molecule has 1 aliphatic carbocycles. The van der Waals surface area contributed by atoms with Crippen LogP contribution < -0.4 is 16.0 Å². The Bertz CT molecular complexity index is 315. The lowest BCUT2D eigenvalue weighted by Crippen LogP contribution is -2.51. The highest BCUT2D eigenvalue weighted by molar-refractivity contribution is 5.96. The van der Waals surface area contributed by atoms with Crippen LogP contribution in [0.2, 0.25) is 0 Å². The molecule has 3 N–H and O–H groups in total. The van der Waals surface area contributed by atoms with Crippen molar-refractivity contribution < 1.29 is 9.59 Å². The van der Waals surface area contributed by atoms with Crippen LogP contribution in [0.25, 0.3) is 0 Å². The molecule has 1 aliphatic rings. The predicted molar refractivity (Wildman–Crippen MR) is 71.2 cm³/mol. The minimum absolute atomic E-state index is 0.280. The summed E-state index contributed by atoms with van der Waals surface area (Å²) in [5, 5.41) is 7.97. The summed E-state index contributed by atoms with van der Waals surface area (Å²) in [4.78, 5) is 22.8. The van der Waals surface area contributed by atoms with Crippen LogP contribution in [0.1, 0.15) is 46.5 Å². The van der Waals surface area contributed by atoms with E-state index in [1.807, 2.05) is 0 Å². The van der Waals surface area contributed by atoms with Gasteiger partial charge in [0, 0.05) is 13.1 Å². The maximum absolute atomic E-state index is 11.7. The number of carbonyl (C=O) groups excluding carboxylic acids is 2. The molecule has 5 heteroatoms. The van der Waals surface area contributed by atoms with E-state index < -0.39 is 6.03 Å². The largest absolute Gasteiger partial charge is 0.341 e. The summed E-state index contributed by atoms with van der Waals surface area (Å²) in [5.74, 6) is -0.280. The van der Waals surface area contributed by atoms with E-state index in [1.54, 1.807) is 6.92 Å². The lowest BCUT2D eigenvalue weighted by molar-refractivity contribution is -0.122. The molecule has 2 unspecified atom stereocenters. The van der Waals surface area contributed by atoms with E-state index in [9.17, 15) is 9.59 Å². The smallest absolute Gasteiger partial charge is 0.321 e. The molecule has 0 aliphatic heterocycles. The third-order valence-corrected chi connectivity index (χ3v) is 3.55. The van der Waals surface area contributed by atoms with Gasteiger partial charge in [-0.25, -0.2) is 4.79 Å². The number of carbonyl (C=O) groups is 2. The molecule has 1 fully saturated rings. The highest BCUT2D eigenvalue weighted by Crippen LogP contribution is 2.35. The number of imide groups is 1. The van der Waals surface area contributed by atoms with Crippen LogP contribution in [0.15, 0.2) is 0 Å². The van der Waals surface area contributed by atoms with Gasteiger partial charge in [0.05, 0.1) is 6.04 Å². The van der Waals surface area contributed by atoms with Crippen molar-refractivity contribution in [2.24, 2.45) is 5.41 Å². The van der Waals surface area contributed by atoms with Crippen molar-refractivity contribution in [1.82, 2.24) is 16.0 Å². The van der Waals surface area contributed by atoms with Gasteiger partial charge in [0.15, 0.2) is 0 Å². The zero-order chi connectivity index (χ0) is 13.8. The van der Waals surface area contributed by atoms with Gasteiger partial charge in [0.25, 0.3) is 0 Å². The van der Waals surface area contributed by atoms with E-state index in [1.165, 1.54) is 19.9 Å². The SMILES string of the molecule is CNC(=O)NC(=O)C(C)NC1CCCC(C)(C)C1. The second kappa shape index (κ2) is 6.18. The number of nitrogens with one attached hydrogen (secondary N) is 3. The van der Waals surface area contributed by atoms with Crippen molar-refractivity contribution in [3.05, 3.63) is 0 Å². The topological polar surface area (TPSA) is 70.2 Å². The van der Waals surface area contributed by atoms with Crippen molar-refractivity contribution in [3.8, 4) is 0 Å². The van der Waals surface area contributed by atoms with Gasteiger partial charge in [0.1, 0.15) is 0 Å². The predicted octanol–water partition coefficient (Wildman–Crippen LogP) is 1.39. The van der Waals surface area contributed by atoms with E-state index in [0.717, 1.165) is 12.8 Å². The molecule has 0 aromatic carbocycles. The molecule has 1 saturated carbocycles. The van der Waals surface area contributed by atoms with Gasteiger partial charge in [-0.15, -0.1) is 0 Å². The second-order valence-electron chi connectivity index (χ2n) is 5.91. The monoisotopic (exact) mass is 255 g/mol. The summed E-state index contributed by atoms with van der Waals surface area (Å²) in [7, 11) is 1.49. The summed E-state index contributed by atoms with van der Waals surface area (Å²) in [6, 6.07) is -0.446. The van der Waals surface area contributed by atoms with Crippen molar-refractivity contribution in [2.75, 3.05) is 7.05 Å². The summed E-state index contributed by atoms with van der Waals surface area (Å²) >= 11 is 0. The van der Waals surface area contributed by atoms with E-state index in [0.29, 0.717) is 11.5 Å². The molecule has 18 heavy (non-hydrogen) atoms. The molecule has 3 amide bonds. The third-order valence-electron chi connectivity index (χ3n) is 3.55. The second-order valence-corrected chi connectivity index (χ2v) is 5.91. The first-order valence-electron chi connectivity index (χ1n) is 6.63.